The van der Waals surface area contributed by atoms with Crippen molar-refractivity contribution in [1.82, 2.24) is 9.78 Å². The summed E-state index contributed by atoms with van der Waals surface area (Å²) in [6.07, 6.45) is 1.16. The van der Waals surface area contributed by atoms with Gasteiger partial charge in [0.15, 0.2) is 5.82 Å². The Labute approximate surface area is 140 Å². The van der Waals surface area contributed by atoms with Gasteiger partial charge in [-0.2, -0.15) is 10.4 Å². The van der Waals surface area contributed by atoms with Crippen LogP contribution in [-0.2, 0) is 11.8 Å². The Bertz CT molecular complexity index is 783. The first-order chi connectivity index (χ1) is 11.6. The maximum Gasteiger partial charge on any atom is 0.243 e. The van der Waals surface area contributed by atoms with Crippen LogP contribution in [0.1, 0.15) is 17.7 Å². The summed E-state index contributed by atoms with van der Waals surface area (Å²) in [6.45, 7) is 4.03. The number of benzene rings is 1. The minimum absolute atomic E-state index is 0.128. The monoisotopic (exact) mass is 324 g/mol. The van der Waals surface area contributed by atoms with Crippen molar-refractivity contribution in [1.29, 1.82) is 5.26 Å². The lowest BCUT2D eigenvalue weighted by Crippen LogP contribution is -2.39. The number of aryl methyl sites for hydroxylation is 2. The Morgan fingerprint density at radius 1 is 1.33 bits per heavy atom. The molecule has 3 rings (SSSR count). The molecule has 1 aromatic heterocycles. The molecule has 1 fully saturated rings. The van der Waals surface area contributed by atoms with Gasteiger partial charge in [-0.3, -0.25) is 9.48 Å². The van der Waals surface area contributed by atoms with E-state index in [9.17, 15) is 4.79 Å². The summed E-state index contributed by atoms with van der Waals surface area (Å²) in [5.41, 5.74) is 2.99. The van der Waals surface area contributed by atoms with E-state index in [0.717, 1.165) is 42.4 Å². The highest BCUT2D eigenvalue weighted by Gasteiger charge is 2.24. The third-order valence-corrected chi connectivity index (χ3v) is 4.08. The molecule has 1 aromatic carbocycles. The molecule has 0 bridgehead atoms. The van der Waals surface area contributed by atoms with Crippen LogP contribution < -0.4 is 15.5 Å². The highest BCUT2D eigenvalue weighted by atomic mass is 16.1. The molecule has 2 N–H and O–H groups in total. The molecule has 1 saturated heterocycles. The van der Waals surface area contributed by atoms with Crippen LogP contribution >= 0.6 is 0 Å². The summed E-state index contributed by atoms with van der Waals surface area (Å²) in [7, 11) is 1.89. The van der Waals surface area contributed by atoms with Crippen LogP contribution in [0, 0.1) is 18.3 Å². The number of nitrogens with zero attached hydrogens (tertiary/aromatic N) is 4. The van der Waals surface area contributed by atoms with Crippen molar-refractivity contribution in [2.75, 3.05) is 35.2 Å². The molecule has 0 atom stereocenters. The smallest absolute Gasteiger partial charge is 0.243 e. The van der Waals surface area contributed by atoms with E-state index in [1.54, 1.807) is 24.3 Å². The molecule has 0 unspecified atom stereocenters. The first kappa shape index (κ1) is 15.9. The van der Waals surface area contributed by atoms with Crippen LogP contribution in [-0.4, -0.2) is 35.3 Å². The molecule has 124 valence electrons. The number of hydrogen-bond acceptors (Lipinski definition) is 5. The van der Waals surface area contributed by atoms with Crippen molar-refractivity contribution in [2.24, 2.45) is 7.05 Å². The summed E-state index contributed by atoms with van der Waals surface area (Å²) in [5.74, 6) is 0.836. The number of carbonyl (C=O) groups is 1. The molecule has 2 heterocycles. The predicted octanol–water partition coefficient (Wildman–Crippen LogP) is 1.86. The van der Waals surface area contributed by atoms with E-state index < -0.39 is 0 Å². The van der Waals surface area contributed by atoms with Crippen LogP contribution in [0.2, 0.25) is 0 Å². The topological polar surface area (TPSA) is 86.0 Å². The molecule has 2 aromatic rings. The molecule has 7 heteroatoms. The number of rotatable bonds is 5. The molecule has 1 aliphatic heterocycles. The SMILES string of the molecule is Cc1nn(C)c(N2CCC2)c1NC(=O)CNc1ccc(C#N)cc1. The van der Waals surface area contributed by atoms with E-state index in [1.807, 2.05) is 18.7 Å². The molecule has 1 amide bonds. The van der Waals surface area contributed by atoms with E-state index in [4.69, 9.17) is 5.26 Å². The minimum Gasteiger partial charge on any atom is -0.376 e. The van der Waals surface area contributed by atoms with E-state index in [-0.39, 0.29) is 12.5 Å². The second-order valence-electron chi connectivity index (χ2n) is 5.84. The fraction of sp³-hybridized carbons (Fsp3) is 0.353. The van der Waals surface area contributed by atoms with Gasteiger partial charge in [-0.15, -0.1) is 0 Å². The van der Waals surface area contributed by atoms with Crippen molar-refractivity contribution in [2.45, 2.75) is 13.3 Å². The lowest BCUT2D eigenvalue weighted by atomic mass is 10.2. The van der Waals surface area contributed by atoms with E-state index in [2.05, 4.69) is 26.7 Å². The third-order valence-electron chi connectivity index (χ3n) is 4.08. The number of nitrogens with one attached hydrogen (secondary N) is 2. The first-order valence-electron chi connectivity index (χ1n) is 7.91. The quantitative estimate of drug-likeness (QED) is 0.877. The molecule has 0 spiro atoms. The molecular weight excluding hydrogens is 304 g/mol. The Kier molecular flexibility index (Phi) is 4.38. The van der Waals surface area contributed by atoms with Crippen molar-refractivity contribution in [3.8, 4) is 6.07 Å². The standard InChI is InChI=1S/C17H20N6O/c1-12-16(17(22(2)21-12)23-8-3-9-23)20-15(24)11-19-14-6-4-13(10-18)5-7-14/h4-7,19H,3,8-9,11H2,1-2H3,(H,20,24). The Morgan fingerprint density at radius 3 is 2.62 bits per heavy atom. The number of carbonyl (C=O) groups excluding carboxylic acids is 1. The van der Waals surface area contributed by atoms with Gasteiger partial charge in [0.25, 0.3) is 0 Å². The Morgan fingerprint density at radius 2 is 2.04 bits per heavy atom. The van der Waals surface area contributed by atoms with Gasteiger partial charge in [0.05, 0.1) is 23.9 Å². The van der Waals surface area contributed by atoms with Gasteiger partial charge in [-0.1, -0.05) is 0 Å². The molecule has 1 aliphatic rings. The summed E-state index contributed by atoms with van der Waals surface area (Å²) >= 11 is 0. The number of nitriles is 1. The van der Waals surface area contributed by atoms with Crippen LogP contribution in [0.5, 0.6) is 0 Å². The highest BCUT2D eigenvalue weighted by Crippen LogP contribution is 2.31. The first-order valence-corrected chi connectivity index (χ1v) is 7.91. The molecule has 0 aliphatic carbocycles. The fourth-order valence-corrected chi connectivity index (χ4v) is 2.71. The zero-order valence-corrected chi connectivity index (χ0v) is 13.8. The van der Waals surface area contributed by atoms with Crippen molar-refractivity contribution >= 4 is 23.1 Å². The van der Waals surface area contributed by atoms with E-state index in [0.29, 0.717) is 5.56 Å². The average molecular weight is 324 g/mol. The van der Waals surface area contributed by atoms with Crippen molar-refractivity contribution < 1.29 is 4.79 Å². The normalized spacial score (nSPS) is 13.1. The van der Waals surface area contributed by atoms with Gasteiger partial charge in [0.1, 0.15) is 5.69 Å². The van der Waals surface area contributed by atoms with Gasteiger partial charge in [-0.25, -0.2) is 0 Å². The highest BCUT2D eigenvalue weighted by molar-refractivity contribution is 5.97. The van der Waals surface area contributed by atoms with Gasteiger partial charge in [0.2, 0.25) is 5.91 Å². The number of hydrogen-bond donors (Lipinski definition) is 2. The summed E-state index contributed by atoms with van der Waals surface area (Å²) in [5, 5.41) is 19.2. The third kappa shape index (κ3) is 3.18. The largest absolute Gasteiger partial charge is 0.376 e. The van der Waals surface area contributed by atoms with E-state index in [1.165, 1.54) is 0 Å². The van der Waals surface area contributed by atoms with Crippen molar-refractivity contribution in [3.05, 3.63) is 35.5 Å². The minimum atomic E-state index is -0.128. The number of anilines is 3. The fourth-order valence-electron chi connectivity index (χ4n) is 2.71. The van der Waals surface area contributed by atoms with Crippen LogP contribution in [0.15, 0.2) is 24.3 Å². The lowest BCUT2D eigenvalue weighted by Gasteiger charge is -2.33. The van der Waals surface area contributed by atoms with Crippen LogP contribution in [0.4, 0.5) is 17.2 Å². The van der Waals surface area contributed by atoms with Gasteiger partial charge >= 0.3 is 0 Å². The zero-order valence-electron chi connectivity index (χ0n) is 13.8. The molecule has 7 nitrogen and oxygen atoms in total. The second-order valence-corrected chi connectivity index (χ2v) is 5.84. The molecule has 0 saturated carbocycles. The van der Waals surface area contributed by atoms with Crippen LogP contribution in [0.3, 0.4) is 0 Å². The predicted molar refractivity (Wildman–Crippen MR) is 93.1 cm³/mol. The zero-order chi connectivity index (χ0) is 17.1. The maximum absolute atomic E-state index is 12.3. The molecular formula is C17H20N6O. The summed E-state index contributed by atoms with van der Waals surface area (Å²) in [4.78, 5) is 14.5. The second kappa shape index (κ2) is 6.62. The number of aromatic nitrogens is 2. The molecule has 0 radical (unpaired) electrons. The van der Waals surface area contributed by atoms with Gasteiger partial charge in [0, 0.05) is 25.8 Å². The Balaban J connectivity index is 1.63. The lowest BCUT2D eigenvalue weighted by molar-refractivity contribution is -0.114. The molecule has 24 heavy (non-hydrogen) atoms. The van der Waals surface area contributed by atoms with Crippen molar-refractivity contribution in [3.63, 3.8) is 0 Å². The summed E-state index contributed by atoms with van der Waals surface area (Å²) < 4.78 is 1.82. The summed E-state index contributed by atoms with van der Waals surface area (Å²) in [6, 6.07) is 9.07. The van der Waals surface area contributed by atoms with Gasteiger partial charge < -0.3 is 15.5 Å². The maximum atomic E-state index is 12.3. The van der Waals surface area contributed by atoms with Gasteiger partial charge in [-0.05, 0) is 37.6 Å². The number of amides is 1. The Hall–Kier alpha value is -3.01. The van der Waals surface area contributed by atoms with Crippen LogP contribution in [0.25, 0.3) is 0 Å². The van der Waals surface area contributed by atoms with E-state index >= 15 is 0 Å². The average Bonchev–Trinajstić information content (AvgIpc) is 2.79.